The van der Waals surface area contributed by atoms with Gasteiger partial charge in [0.15, 0.2) is 5.52 Å². The third kappa shape index (κ3) is 2.39. The van der Waals surface area contributed by atoms with Crippen molar-refractivity contribution in [2.75, 3.05) is 0 Å². The zero-order valence-electron chi connectivity index (χ0n) is 14.0. The maximum atomic E-state index is 4.80. The molecule has 0 amide bonds. The first kappa shape index (κ1) is 14.7. The van der Waals surface area contributed by atoms with Crippen molar-refractivity contribution in [3.8, 4) is 11.3 Å². The molecule has 3 rings (SSSR count). The molecule has 22 heavy (non-hydrogen) atoms. The standard InChI is InChI=1S/C20H23N2/c1-13(2)16-10-11-18-19(12-16)21-15(4)22(5)20(18)17-9-7-6-8-14(17)3/h6-13H,1-5H3/q+1. The van der Waals surface area contributed by atoms with Crippen LogP contribution in [-0.2, 0) is 7.05 Å². The highest BCUT2D eigenvalue weighted by atomic mass is 15.0. The fourth-order valence-corrected chi connectivity index (χ4v) is 2.96. The molecule has 0 saturated carbocycles. The van der Waals surface area contributed by atoms with Gasteiger partial charge in [-0.1, -0.05) is 44.2 Å². The number of fused-ring (bicyclic) bond motifs is 1. The Hall–Kier alpha value is -2.22. The zero-order chi connectivity index (χ0) is 15.9. The Morgan fingerprint density at radius 1 is 1.00 bits per heavy atom. The first-order valence-corrected chi connectivity index (χ1v) is 7.85. The maximum Gasteiger partial charge on any atom is 0.296 e. The minimum absolute atomic E-state index is 0.516. The molecular weight excluding hydrogens is 268 g/mol. The van der Waals surface area contributed by atoms with Crippen LogP contribution in [0, 0.1) is 13.8 Å². The number of aryl methyl sites for hydroxylation is 2. The topological polar surface area (TPSA) is 16.8 Å². The van der Waals surface area contributed by atoms with E-state index in [1.54, 1.807) is 0 Å². The second-order valence-corrected chi connectivity index (χ2v) is 6.31. The summed E-state index contributed by atoms with van der Waals surface area (Å²) in [5, 5.41) is 1.21. The molecule has 1 heterocycles. The van der Waals surface area contributed by atoms with Crippen LogP contribution in [0.5, 0.6) is 0 Å². The van der Waals surface area contributed by atoms with Crippen LogP contribution in [0.15, 0.2) is 42.5 Å². The number of hydrogen-bond acceptors (Lipinski definition) is 1. The molecular formula is C20H23N2+. The number of benzene rings is 2. The molecule has 0 fully saturated rings. The van der Waals surface area contributed by atoms with Crippen LogP contribution in [0.1, 0.15) is 36.7 Å². The van der Waals surface area contributed by atoms with Crippen LogP contribution in [0.3, 0.4) is 0 Å². The van der Waals surface area contributed by atoms with Gasteiger partial charge in [0.25, 0.3) is 5.82 Å². The van der Waals surface area contributed by atoms with E-state index >= 15 is 0 Å². The van der Waals surface area contributed by atoms with Gasteiger partial charge in [-0.25, -0.2) is 4.57 Å². The van der Waals surface area contributed by atoms with Crippen LogP contribution in [0.25, 0.3) is 22.2 Å². The van der Waals surface area contributed by atoms with Crippen molar-refractivity contribution in [2.24, 2.45) is 7.05 Å². The van der Waals surface area contributed by atoms with Gasteiger partial charge in [-0.2, -0.15) is 0 Å². The molecule has 3 aromatic rings. The number of rotatable bonds is 2. The summed E-state index contributed by atoms with van der Waals surface area (Å²) in [4.78, 5) is 4.80. The predicted molar refractivity (Wildman–Crippen MR) is 91.9 cm³/mol. The highest BCUT2D eigenvalue weighted by Gasteiger charge is 2.20. The van der Waals surface area contributed by atoms with Crippen molar-refractivity contribution >= 4 is 10.9 Å². The molecule has 0 aliphatic heterocycles. The number of nitrogens with zero attached hydrogens (tertiary/aromatic N) is 2. The summed E-state index contributed by atoms with van der Waals surface area (Å²) in [5.41, 5.74) is 6.23. The third-order valence-electron chi connectivity index (χ3n) is 4.45. The molecule has 1 aromatic heterocycles. The minimum atomic E-state index is 0.516. The largest absolute Gasteiger partial charge is 0.296 e. The Balaban J connectivity index is 2.38. The van der Waals surface area contributed by atoms with Gasteiger partial charge in [0, 0.05) is 12.5 Å². The van der Waals surface area contributed by atoms with Gasteiger partial charge in [0.2, 0.25) is 0 Å². The molecule has 0 aliphatic rings. The lowest BCUT2D eigenvalue weighted by Gasteiger charge is -2.11. The van der Waals surface area contributed by atoms with Crippen molar-refractivity contribution in [2.45, 2.75) is 33.6 Å². The van der Waals surface area contributed by atoms with E-state index in [1.807, 2.05) is 0 Å². The van der Waals surface area contributed by atoms with Gasteiger partial charge in [-0.15, -0.1) is 0 Å². The summed E-state index contributed by atoms with van der Waals surface area (Å²) < 4.78 is 2.19. The van der Waals surface area contributed by atoms with E-state index in [9.17, 15) is 0 Å². The van der Waals surface area contributed by atoms with E-state index in [1.165, 1.54) is 27.8 Å². The van der Waals surface area contributed by atoms with E-state index in [0.717, 1.165) is 11.3 Å². The summed E-state index contributed by atoms with van der Waals surface area (Å²) >= 11 is 0. The number of aromatic nitrogens is 2. The summed E-state index contributed by atoms with van der Waals surface area (Å²) in [7, 11) is 2.10. The van der Waals surface area contributed by atoms with Crippen molar-refractivity contribution in [1.29, 1.82) is 0 Å². The van der Waals surface area contributed by atoms with E-state index in [4.69, 9.17) is 4.98 Å². The van der Waals surface area contributed by atoms with Crippen LogP contribution >= 0.6 is 0 Å². The first-order chi connectivity index (χ1) is 10.5. The van der Waals surface area contributed by atoms with E-state index in [0.29, 0.717) is 5.92 Å². The fourth-order valence-electron chi connectivity index (χ4n) is 2.96. The lowest BCUT2D eigenvalue weighted by atomic mass is 9.97. The van der Waals surface area contributed by atoms with Crippen LogP contribution in [0.4, 0.5) is 0 Å². The van der Waals surface area contributed by atoms with Crippen molar-refractivity contribution < 1.29 is 4.57 Å². The molecule has 0 N–H and O–H groups in total. The van der Waals surface area contributed by atoms with Crippen LogP contribution < -0.4 is 4.57 Å². The molecule has 2 aromatic carbocycles. The average molecular weight is 291 g/mol. The molecule has 2 heteroatoms. The van der Waals surface area contributed by atoms with Crippen LogP contribution in [0.2, 0.25) is 0 Å². The predicted octanol–water partition coefficient (Wildman–Crippen LogP) is 4.47. The molecule has 0 spiro atoms. The Kier molecular flexibility index (Phi) is 3.69. The third-order valence-corrected chi connectivity index (χ3v) is 4.45. The summed E-state index contributed by atoms with van der Waals surface area (Å²) in [6.45, 7) is 8.68. The van der Waals surface area contributed by atoms with Crippen molar-refractivity contribution in [1.82, 2.24) is 4.98 Å². The molecule has 0 atom stereocenters. The fraction of sp³-hybridized carbons (Fsp3) is 0.300. The lowest BCUT2D eigenvalue weighted by Crippen LogP contribution is -2.36. The van der Waals surface area contributed by atoms with Crippen LogP contribution in [-0.4, -0.2) is 4.98 Å². The maximum absolute atomic E-state index is 4.80. The summed E-state index contributed by atoms with van der Waals surface area (Å²) in [6, 6.07) is 15.2. The van der Waals surface area contributed by atoms with Gasteiger partial charge in [0.05, 0.1) is 12.4 Å². The highest BCUT2D eigenvalue weighted by molar-refractivity contribution is 5.91. The molecule has 0 saturated heterocycles. The van der Waals surface area contributed by atoms with E-state index < -0.39 is 0 Å². The monoisotopic (exact) mass is 291 g/mol. The highest BCUT2D eigenvalue weighted by Crippen LogP contribution is 2.29. The second-order valence-electron chi connectivity index (χ2n) is 6.31. The SMILES string of the molecule is Cc1ccccc1-c1c2ccc(C(C)C)cc2nc(C)[n+]1C. The van der Waals surface area contributed by atoms with E-state index in [-0.39, 0.29) is 0 Å². The molecule has 0 aliphatic carbocycles. The van der Waals surface area contributed by atoms with Gasteiger partial charge in [0.1, 0.15) is 5.69 Å². The molecule has 0 radical (unpaired) electrons. The molecule has 0 unspecified atom stereocenters. The van der Waals surface area contributed by atoms with Gasteiger partial charge < -0.3 is 0 Å². The Bertz CT molecular complexity index is 848. The van der Waals surface area contributed by atoms with E-state index in [2.05, 4.69) is 81.8 Å². The first-order valence-electron chi connectivity index (χ1n) is 7.85. The Labute approximate surface area is 132 Å². The van der Waals surface area contributed by atoms with Gasteiger partial charge in [-0.3, -0.25) is 0 Å². The summed E-state index contributed by atoms with van der Waals surface area (Å²) in [5.74, 6) is 1.55. The van der Waals surface area contributed by atoms with Gasteiger partial charge in [-0.05, 0) is 41.1 Å². The molecule has 0 bridgehead atoms. The minimum Gasteiger partial charge on any atom is -0.230 e. The van der Waals surface area contributed by atoms with Crippen molar-refractivity contribution in [3.05, 3.63) is 59.4 Å². The Morgan fingerprint density at radius 2 is 1.73 bits per heavy atom. The zero-order valence-corrected chi connectivity index (χ0v) is 14.0. The smallest absolute Gasteiger partial charge is 0.230 e. The second kappa shape index (κ2) is 5.53. The summed E-state index contributed by atoms with van der Waals surface area (Å²) in [6.07, 6.45) is 0. The number of hydrogen-bond donors (Lipinski definition) is 0. The molecule has 112 valence electrons. The lowest BCUT2D eigenvalue weighted by molar-refractivity contribution is -0.668. The molecule has 2 nitrogen and oxygen atoms in total. The normalized spacial score (nSPS) is 11.4. The van der Waals surface area contributed by atoms with Crippen molar-refractivity contribution in [3.63, 3.8) is 0 Å². The van der Waals surface area contributed by atoms with Gasteiger partial charge >= 0.3 is 0 Å². The average Bonchev–Trinajstić information content (AvgIpc) is 2.49. The Morgan fingerprint density at radius 3 is 2.41 bits per heavy atom. The quantitative estimate of drug-likeness (QED) is 0.637.